The summed E-state index contributed by atoms with van der Waals surface area (Å²) in [5.41, 5.74) is 1.32. The summed E-state index contributed by atoms with van der Waals surface area (Å²) in [4.78, 5) is 0. The second-order valence-corrected chi connectivity index (χ2v) is 6.37. The SMILES string of the molecule is N#Cc1ccc(CS(=O)c2cccs2)c(Cl)c1. The summed E-state index contributed by atoms with van der Waals surface area (Å²) in [7, 11) is -1.07. The molecule has 0 aliphatic heterocycles. The molecule has 2 nitrogen and oxygen atoms in total. The van der Waals surface area contributed by atoms with Crippen LogP contribution >= 0.6 is 22.9 Å². The number of rotatable bonds is 3. The van der Waals surface area contributed by atoms with Gasteiger partial charge in [-0.2, -0.15) is 5.26 Å². The second kappa shape index (κ2) is 5.46. The molecule has 0 aliphatic rings. The molecule has 0 aliphatic carbocycles. The van der Waals surface area contributed by atoms with Gasteiger partial charge in [-0.3, -0.25) is 4.21 Å². The van der Waals surface area contributed by atoms with Crippen LogP contribution in [0.2, 0.25) is 5.02 Å². The molecule has 1 unspecified atom stereocenters. The molecule has 2 rings (SSSR count). The molecule has 86 valence electrons. The van der Waals surface area contributed by atoms with E-state index in [0.717, 1.165) is 9.77 Å². The highest BCUT2D eigenvalue weighted by Crippen LogP contribution is 2.23. The Bertz CT molecular complexity index is 587. The smallest absolute Gasteiger partial charge is 0.0992 e. The van der Waals surface area contributed by atoms with Gasteiger partial charge in [0.1, 0.15) is 0 Å². The van der Waals surface area contributed by atoms with Crippen LogP contribution in [0.3, 0.4) is 0 Å². The van der Waals surface area contributed by atoms with Crippen LogP contribution in [0.4, 0.5) is 0 Å². The molecule has 1 aromatic carbocycles. The van der Waals surface area contributed by atoms with Crippen molar-refractivity contribution in [2.75, 3.05) is 0 Å². The Balaban J connectivity index is 2.20. The van der Waals surface area contributed by atoms with E-state index in [0.29, 0.717) is 16.3 Å². The molecule has 0 bridgehead atoms. The van der Waals surface area contributed by atoms with E-state index in [4.69, 9.17) is 16.9 Å². The number of nitrogens with zero attached hydrogens (tertiary/aromatic N) is 1. The van der Waals surface area contributed by atoms with Crippen LogP contribution in [0.1, 0.15) is 11.1 Å². The van der Waals surface area contributed by atoms with E-state index < -0.39 is 10.8 Å². The van der Waals surface area contributed by atoms with Crippen LogP contribution < -0.4 is 0 Å². The quantitative estimate of drug-likeness (QED) is 0.863. The Morgan fingerprint density at radius 3 is 2.82 bits per heavy atom. The van der Waals surface area contributed by atoms with Crippen molar-refractivity contribution in [3.8, 4) is 6.07 Å². The predicted molar refractivity (Wildman–Crippen MR) is 70.6 cm³/mol. The molecular weight excluding hydrogens is 274 g/mol. The number of thiophene rings is 1. The minimum Gasteiger partial charge on any atom is -0.253 e. The maximum Gasteiger partial charge on any atom is 0.0992 e. The third-order valence-corrected chi connectivity index (χ3v) is 5.21. The monoisotopic (exact) mass is 281 g/mol. The summed E-state index contributed by atoms with van der Waals surface area (Å²) < 4.78 is 12.8. The largest absolute Gasteiger partial charge is 0.253 e. The topological polar surface area (TPSA) is 40.9 Å². The average molecular weight is 282 g/mol. The fraction of sp³-hybridized carbons (Fsp3) is 0.0833. The summed E-state index contributed by atoms with van der Waals surface area (Å²) in [6.07, 6.45) is 0. The highest BCUT2D eigenvalue weighted by Gasteiger charge is 2.09. The molecule has 0 spiro atoms. The summed E-state index contributed by atoms with van der Waals surface area (Å²) in [5, 5.41) is 11.1. The summed E-state index contributed by atoms with van der Waals surface area (Å²) in [5.74, 6) is 0.380. The van der Waals surface area contributed by atoms with Crippen molar-refractivity contribution in [3.05, 3.63) is 51.9 Å². The Hall–Kier alpha value is -1.15. The lowest BCUT2D eigenvalue weighted by molar-refractivity contribution is 0.684. The van der Waals surface area contributed by atoms with E-state index in [1.165, 1.54) is 11.3 Å². The van der Waals surface area contributed by atoms with Crippen molar-refractivity contribution in [1.82, 2.24) is 0 Å². The Morgan fingerprint density at radius 2 is 2.24 bits per heavy atom. The van der Waals surface area contributed by atoms with Crippen LogP contribution in [-0.4, -0.2) is 4.21 Å². The summed E-state index contributed by atoms with van der Waals surface area (Å²) >= 11 is 7.50. The van der Waals surface area contributed by atoms with E-state index in [1.807, 2.05) is 23.6 Å². The highest BCUT2D eigenvalue weighted by molar-refractivity contribution is 7.86. The molecule has 0 amide bonds. The second-order valence-electron chi connectivity index (χ2n) is 3.34. The normalized spacial score (nSPS) is 12.0. The number of hydrogen-bond donors (Lipinski definition) is 0. The van der Waals surface area contributed by atoms with Crippen LogP contribution in [-0.2, 0) is 16.6 Å². The van der Waals surface area contributed by atoms with Crippen LogP contribution in [0.5, 0.6) is 0 Å². The predicted octanol–water partition coefficient (Wildman–Crippen LogP) is 3.58. The van der Waals surface area contributed by atoms with Crippen LogP contribution in [0, 0.1) is 11.3 Å². The molecule has 0 N–H and O–H groups in total. The number of benzene rings is 1. The Labute approximate surface area is 111 Å². The highest BCUT2D eigenvalue weighted by atomic mass is 35.5. The third kappa shape index (κ3) is 2.95. The number of halogens is 1. The zero-order chi connectivity index (χ0) is 12.3. The van der Waals surface area contributed by atoms with Crippen molar-refractivity contribution in [1.29, 1.82) is 5.26 Å². The first-order valence-electron chi connectivity index (χ1n) is 4.81. The van der Waals surface area contributed by atoms with Gasteiger partial charge < -0.3 is 0 Å². The van der Waals surface area contributed by atoms with Gasteiger partial charge in [-0.05, 0) is 29.1 Å². The minimum absolute atomic E-state index is 0.380. The van der Waals surface area contributed by atoms with Gasteiger partial charge in [-0.1, -0.05) is 23.7 Å². The molecule has 0 radical (unpaired) electrons. The first kappa shape index (κ1) is 12.3. The van der Waals surface area contributed by atoms with E-state index in [1.54, 1.807) is 18.2 Å². The van der Waals surface area contributed by atoms with E-state index in [2.05, 4.69) is 0 Å². The molecule has 1 atom stereocenters. The zero-order valence-electron chi connectivity index (χ0n) is 8.72. The molecule has 0 fully saturated rings. The van der Waals surface area contributed by atoms with E-state index >= 15 is 0 Å². The standard InChI is InChI=1S/C12H8ClNOS2/c13-11-6-9(7-14)3-4-10(11)8-17(15)12-2-1-5-16-12/h1-6H,8H2. The fourth-order valence-corrected chi connectivity index (χ4v) is 3.79. The van der Waals surface area contributed by atoms with Gasteiger partial charge >= 0.3 is 0 Å². The Kier molecular flexibility index (Phi) is 3.95. The van der Waals surface area contributed by atoms with Gasteiger partial charge in [0.05, 0.1) is 32.4 Å². The lowest BCUT2D eigenvalue weighted by atomic mass is 10.2. The maximum atomic E-state index is 12.0. The third-order valence-electron chi connectivity index (χ3n) is 2.19. The van der Waals surface area contributed by atoms with E-state index in [-0.39, 0.29) is 0 Å². The van der Waals surface area contributed by atoms with Crippen molar-refractivity contribution >= 4 is 33.7 Å². The summed E-state index contributed by atoms with van der Waals surface area (Å²) in [6.45, 7) is 0. The lowest BCUT2D eigenvalue weighted by Crippen LogP contribution is -1.95. The zero-order valence-corrected chi connectivity index (χ0v) is 11.1. The van der Waals surface area contributed by atoms with Gasteiger partial charge in [0, 0.05) is 5.02 Å². The number of nitriles is 1. The van der Waals surface area contributed by atoms with Gasteiger partial charge in [0.15, 0.2) is 0 Å². The van der Waals surface area contributed by atoms with Gasteiger partial charge in [-0.25, -0.2) is 0 Å². The summed E-state index contributed by atoms with van der Waals surface area (Å²) in [6, 6.07) is 10.8. The van der Waals surface area contributed by atoms with Gasteiger partial charge in [0.2, 0.25) is 0 Å². The fourth-order valence-electron chi connectivity index (χ4n) is 1.34. The molecule has 0 saturated heterocycles. The first-order chi connectivity index (χ1) is 8.20. The van der Waals surface area contributed by atoms with Crippen molar-refractivity contribution in [3.63, 3.8) is 0 Å². The average Bonchev–Trinajstić information content (AvgIpc) is 2.85. The van der Waals surface area contributed by atoms with Gasteiger partial charge in [-0.15, -0.1) is 11.3 Å². The molecule has 2 aromatic rings. The van der Waals surface area contributed by atoms with Crippen LogP contribution in [0.25, 0.3) is 0 Å². The van der Waals surface area contributed by atoms with Crippen molar-refractivity contribution in [2.24, 2.45) is 0 Å². The van der Waals surface area contributed by atoms with Crippen molar-refractivity contribution < 1.29 is 4.21 Å². The first-order valence-corrected chi connectivity index (χ1v) is 7.39. The maximum absolute atomic E-state index is 12.0. The lowest BCUT2D eigenvalue weighted by Gasteiger charge is -2.03. The van der Waals surface area contributed by atoms with E-state index in [9.17, 15) is 4.21 Å². The molecular formula is C12H8ClNOS2. The van der Waals surface area contributed by atoms with Crippen molar-refractivity contribution in [2.45, 2.75) is 9.96 Å². The Morgan fingerprint density at radius 1 is 1.41 bits per heavy atom. The molecule has 17 heavy (non-hydrogen) atoms. The molecule has 1 aromatic heterocycles. The van der Waals surface area contributed by atoms with Crippen LogP contribution in [0.15, 0.2) is 39.9 Å². The van der Waals surface area contributed by atoms with Gasteiger partial charge in [0.25, 0.3) is 0 Å². The molecule has 5 heteroatoms. The molecule has 0 saturated carbocycles. The number of hydrogen-bond acceptors (Lipinski definition) is 3. The minimum atomic E-state index is -1.07. The molecule has 1 heterocycles.